The van der Waals surface area contributed by atoms with Crippen molar-refractivity contribution in [2.24, 2.45) is 0 Å². The van der Waals surface area contributed by atoms with E-state index in [1.807, 2.05) is 44.2 Å². The van der Waals surface area contributed by atoms with Gasteiger partial charge in [-0.15, -0.1) is 21.9 Å². The van der Waals surface area contributed by atoms with E-state index in [2.05, 4.69) is 24.0 Å². The first-order valence-corrected chi connectivity index (χ1v) is 19.2. The normalized spacial score (nSPS) is 11.5. The first-order chi connectivity index (χ1) is 32.7. The molecular formula is C45H21BF20N2O2. The van der Waals surface area contributed by atoms with Crippen LogP contribution in [0.2, 0.25) is 0 Å². The fourth-order valence-corrected chi connectivity index (χ4v) is 7.75. The van der Waals surface area contributed by atoms with Gasteiger partial charge in [0.1, 0.15) is 58.4 Å². The summed E-state index contributed by atoms with van der Waals surface area (Å²) in [4.78, 5) is 16.6. The average Bonchev–Trinajstić information content (AvgIpc) is 3.33. The minimum absolute atomic E-state index is 0.0467. The predicted molar refractivity (Wildman–Crippen MR) is 205 cm³/mol. The Bertz CT molecular complexity index is 2880. The molecule has 0 fully saturated rings. The zero-order valence-electron chi connectivity index (χ0n) is 34.8. The van der Waals surface area contributed by atoms with E-state index >= 15 is 35.1 Å². The summed E-state index contributed by atoms with van der Waals surface area (Å²) < 4.78 is 302. The quantitative estimate of drug-likeness (QED) is 0.0362. The van der Waals surface area contributed by atoms with Gasteiger partial charge in [-0.25, -0.2) is 92.8 Å². The Morgan fingerprint density at radius 2 is 0.771 bits per heavy atom. The van der Waals surface area contributed by atoms with Crippen molar-refractivity contribution in [1.82, 2.24) is 4.98 Å². The fraction of sp³-hybridized carbons (Fsp3) is 0.0889. The number of Topliss-reactive ketones (excluding diaryl/α,β-unsaturated/α-hetero) is 1. The average molecular weight is 1010 g/mol. The van der Waals surface area contributed by atoms with Crippen molar-refractivity contribution >= 4 is 33.8 Å². The maximum absolute atomic E-state index is 15.4. The number of carbonyl (C=O) groups is 1. The van der Waals surface area contributed by atoms with E-state index in [1.165, 1.54) is 5.56 Å². The summed E-state index contributed by atoms with van der Waals surface area (Å²) in [6.45, 7) is 6.35. The summed E-state index contributed by atoms with van der Waals surface area (Å²) >= 11 is 0. The predicted octanol–water partition coefficient (Wildman–Crippen LogP) is 9.82. The molecule has 1 aromatic heterocycles. The fourth-order valence-electron chi connectivity index (χ4n) is 7.75. The summed E-state index contributed by atoms with van der Waals surface area (Å²) in [6.07, 6.45) is -2.06. The summed E-state index contributed by atoms with van der Waals surface area (Å²) in [7, 11) is 0. The van der Waals surface area contributed by atoms with Crippen LogP contribution in [0.1, 0.15) is 27.0 Å². The Balaban J connectivity index is 0.000000270. The molecule has 0 amide bonds. The number of carbonyl (C=O) groups excluding carboxylic acids is 1. The molecule has 7 rings (SSSR count). The molecule has 0 radical (unpaired) electrons. The molecule has 0 unspecified atom stereocenters. The van der Waals surface area contributed by atoms with Crippen LogP contribution >= 0.6 is 0 Å². The van der Waals surface area contributed by atoms with Gasteiger partial charge in [-0.2, -0.15) is 4.57 Å². The van der Waals surface area contributed by atoms with E-state index in [0.717, 1.165) is 16.9 Å². The first kappa shape index (κ1) is 51.9. The third-order valence-electron chi connectivity index (χ3n) is 10.7. The number of rotatable bonds is 9. The molecule has 0 saturated heterocycles. The van der Waals surface area contributed by atoms with Gasteiger partial charge >= 0.3 is 0 Å². The Hall–Kier alpha value is -7.47. The number of aryl methyl sites for hydroxylation is 3. The molecule has 366 valence electrons. The highest BCUT2D eigenvalue weighted by Crippen LogP contribution is 2.32. The Morgan fingerprint density at radius 3 is 1.09 bits per heavy atom. The number of benzene rings is 6. The lowest BCUT2D eigenvalue weighted by Gasteiger charge is -2.44. The number of nitrogens with zero attached hydrogens (tertiary/aromatic N) is 2. The molecule has 0 saturated carbocycles. The summed E-state index contributed by atoms with van der Waals surface area (Å²) in [5, 5.41) is 0. The van der Waals surface area contributed by atoms with Crippen molar-refractivity contribution in [3.8, 4) is 11.6 Å². The first-order valence-electron chi connectivity index (χ1n) is 19.2. The summed E-state index contributed by atoms with van der Waals surface area (Å²) in [5.74, 6) is -70.1. The topological polar surface area (TPSA) is 43.1 Å². The van der Waals surface area contributed by atoms with Crippen LogP contribution in [-0.2, 0) is 6.54 Å². The molecule has 6 aromatic carbocycles. The van der Waals surface area contributed by atoms with Gasteiger partial charge in [0.05, 0.1) is 6.20 Å². The Labute approximate surface area is 378 Å². The summed E-state index contributed by atoms with van der Waals surface area (Å²) in [5.41, 5.74) is -10.3. The van der Waals surface area contributed by atoms with E-state index in [4.69, 9.17) is 4.74 Å². The zero-order chi connectivity index (χ0) is 52.2. The number of hydrogen-bond donors (Lipinski definition) is 0. The lowest BCUT2D eigenvalue weighted by molar-refractivity contribution is -0.683. The van der Waals surface area contributed by atoms with Gasteiger partial charge in [-0.1, -0.05) is 48.0 Å². The molecule has 0 N–H and O–H groups in total. The maximum Gasteiger partial charge on any atom is 0.285 e. The van der Waals surface area contributed by atoms with Crippen LogP contribution in [0, 0.1) is 137 Å². The number of halogens is 20. The van der Waals surface area contributed by atoms with E-state index in [1.54, 1.807) is 23.2 Å². The minimum atomic E-state index is -7.22. The third-order valence-corrected chi connectivity index (χ3v) is 10.7. The second kappa shape index (κ2) is 19.5. The second-order valence-corrected chi connectivity index (χ2v) is 15.0. The van der Waals surface area contributed by atoms with Crippen molar-refractivity contribution < 1.29 is 102 Å². The number of ketones is 1. The lowest BCUT2D eigenvalue weighted by atomic mass is 9.12. The van der Waals surface area contributed by atoms with Crippen LogP contribution < -0.4 is 31.2 Å². The van der Waals surface area contributed by atoms with E-state index in [-0.39, 0.29) is 12.3 Å². The molecule has 25 heteroatoms. The number of ether oxygens (including phenoxy) is 1. The molecule has 0 aliphatic carbocycles. The van der Waals surface area contributed by atoms with Crippen LogP contribution in [0.25, 0.3) is 0 Å². The van der Waals surface area contributed by atoms with Crippen LogP contribution in [0.5, 0.6) is 11.6 Å². The molecule has 0 aliphatic rings. The Kier molecular flexibility index (Phi) is 14.5. The van der Waals surface area contributed by atoms with Gasteiger partial charge in [0.25, 0.3) is 5.88 Å². The zero-order valence-corrected chi connectivity index (χ0v) is 34.8. The molecule has 0 aliphatic heterocycles. The lowest BCUT2D eigenvalue weighted by Crippen LogP contribution is -2.81. The van der Waals surface area contributed by atoms with Crippen LogP contribution in [0.3, 0.4) is 0 Å². The number of aromatic nitrogens is 2. The number of hydrogen-bond acceptors (Lipinski definition) is 3. The molecule has 7 aromatic rings. The van der Waals surface area contributed by atoms with Crippen LogP contribution in [0.15, 0.2) is 61.1 Å². The SMILES string of the molecule is Cc1cc(C)c(Oc2c[n+](CC(=O)c3ccccc3)ccn2)c(C)c1.Fc1c(F)c(F)c([B-](c2c(F)c(F)c(F)c(F)c2F)(c2c(F)c(F)c(F)c(F)c2F)c2c(F)c(F)c(F)c(F)c2F)c(F)c1F. The molecule has 70 heavy (non-hydrogen) atoms. The van der Waals surface area contributed by atoms with E-state index < -0.39 is 144 Å². The van der Waals surface area contributed by atoms with Crippen molar-refractivity contribution in [3.63, 3.8) is 0 Å². The van der Waals surface area contributed by atoms with Gasteiger partial charge in [0.2, 0.25) is 18.5 Å². The molecular weight excluding hydrogens is 991 g/mol. The van der Waals surface area contributed by atoms with E-state index in [9.17, 15) is 57.5 Å². The molecule has 4 nitrogen and oxygen atoms in total. The van der Waals surface area contributed by atoms with Gasteiger partial charge in [-0.05, 0) is 31.9 Å². The third kappa shape index (κ3) is 8.54. The van der Waals surface area contributed by atoms with Gasteiger partial charge in [-0.3, -0.25) is 4.79 Å². The smallest absolute Gasteiger partial charge is 0.285 e. The maximum atomic E-state index is 15.4. The van der Waals surface area contributed by atoms with Crippen LogP contribution in [-0.4, -0.2) is 16.9 Å². The minimum Gasteiger partial charge on any atom is -0.434 e. The highest BCUT2D eigenvalue weighted by molar-refractivity contribution is 7.20. The van der Waals surface area contributed by atoms with Crippen molar-refractivity contribution in [1.29, 1.82) is 0 Å². The second-order valence-electron chi connectivity index (χ2n) is 15.0. The molecule has 0 spiro atoms. The molecule has 0 atom stereocenters. The van der Waals surface area contributed by atoms with Crippen molar-refractivity contribution in [2.45, 2.75) is 27.3 Å². The van der Waals surface area contributed by atoms with Gasteiger partial charge in [0.15, 0.2) is 76.0 Å². The molecule has 1 heterocycles. The Morgan fingerprint density at radius 1 is 0.471 bits per heavy atom. The van der Waals surface area contributed by atoms with E-state index in [0.29, 0.717) is 11.4 Å². The summed E-state index contributed by atoms with van der Waals surface area (Å²) in [6, 6.07) is 13.4. The monoisotopic (exact) mass is 1010 g/mol. The van der Waals surface area contributed by atoms with Crippen molar-refractivity contribution in [3.05, 3.63) is 200 Å². The van der Waals surface area contributed by atoms with Gasteiger partial charge in [0, 0.05) is 5.56 Å². The molecule has 0 bridgehead atoms. The standard InChI is InChI=1S/C24BF20.C21H21N2O2/c26-5-1(6(27)14(35)21(42)13(5)34)25(2-7(28)15(36)22(43)16(37)8(2)29,3-9(30)17(38)23(44)18(39)10(3)31)4-11(32)19(40)24(45)20(41)12(4)33;1-15-11-16(2)21(17(3)12-15)25-20-14-23(10-9-22-20)13-19(24)18-7-5-4-6-8-18/h;4-12,14H,13H2,1-3H3/q-1;+1. The van der Waals surface area contributed by atoms with Crippen molar-refractivity contribution in [2.75, 3.05) is 0 Å². The highest BCUT2D eigenvalue weighted by Gasteiger charge is 2.52. The largest absolute Gasteiger partial charge is 0.434 e. The van der Waals surface area contributed by atoms with Gasteiger partial charge < -0.3 is 4.74 Å². The highest BCUT2D eigenvalue weighted by atomic mass is 19.2. The van der Waals surface area contributed by atoms with Crippen LogP contribution in [0.4, 0.5) is 87.8 Å².